The maximum Gasteiger partial charge on any atom is 0.413 e. The Morgan fingerprint density at radius 3 is 2.41 bits per heavy atom. The van der Waals surface area contributed by atoms with E-state index in [2.05, 4.69) is 4.74 Å². The Hall–Kier alpha value is -1.52. The zero-order chi connectivity index (χ0) is 13.3. The van der Waals surface area contributed by atoms with Crippen molar-refractivity contribution in [2.45, 2.75) is 33.1 Å². The van der Waals surface area contributed by atoms with E-state index >= 15 is 0 Å². The third-order valence-electron chi connectivity index (χ3n) is 2.15. The van der Waals surface area contributed by atoms with Gasteiger partial charge in [-0.25, -0.2) is 9.59 Å². The number of carbonyl (C=O) groups excluding carboxylic acids is 2. The van der Waals surface area contributed by atoms with Gasteiger partial charge in [-0.2, -0.15) is 0 Å². The smallest absolute Gasteiger partial charge is 0.413 e. The average molecular weight is 243 g/mol. The van der Waals surface area contributed by atoms with Crippen LogP contribution in [0, 0.1) is 0 Å². The van der Waals surface area contributed by atoms with E-state index in [0.717, 1.165) is 12.8 Å². The first-order valence-corrected chi connectivity index (χ1v) is 5.75. The molecular weight excluding hydrogens is 222 g/mol. The predicted octanol–water partition coefficient (Wildman–Crippen LogP) is 2.32. The van der Waals surface area contributed by atoms with Crippen molar-refractivity contribution in [1.29, 1.82) is 0 Å². The second kappa shape index (κ2) is 8.61. The van der Waals surface area contributed by atoms with Crippen molar-refractivity contribution in [2.24, 2.45) is 0 Å². The first-order chi connectivity index (χ1) is 8.06. The second-order valence-electron chi connectivity index (χ2n) is 3.56. The molecule has 0 unspecified atom stereocenters. The molecule has 17 heavy (non-hydrogen) atoms. The molecule has 5 nitrogen and oxygen atoms in total. The fourth-order valence-corrected chi connectivity index (χ4v) is 1.23. The minimum Gasteiger partial charge on any atom is -0.466 e. The molecule has 0 saturated carbocycles. The molecule has 0 saturated heterocycles. The molecule has 0 fully saturated rings. The van der Waals surface area contributed by atoms with Gasteiger partial charge < -0.3 is 9.47 Å². The number of ether oxygens (including phenoxy) is 2. The third-order valence-corrected chi connectivity index (χ3v) is 2.15. The highest BCUT2D eigenvalue weighted by Gasteiger charge is 2.13. The lowest BCUT2D eigenvalue weighted by Gasteiger charge is -2.13. The summed E-state index contributed by atoms with van der Waals surface area (Å²) in [5.41, 5.74) is 0.477. The summed E-state index contributed by atoms with van der Waals surface area (Å²) in [5.74, 6) is -0.408. The molecular formula is C12H21NO4. The Morgan fingerprint density at radius 1 is 1.29 bits per heavy atom. The Bertz CT molecular complexity index is 286. The van der Waals surface area contributed by atoms with Gasteiger partial charge in [-0.1, -0.05) is 13.3 Å². The van der Waals surface area contributed by atoms with E-state index in [1.165, 1.54) is 18.2 Å². The van der Waals surface area contributed by atoms with E-state index in [1.807, 2.05) is 6.92 Å². The van der Waals surface area contributed by atoms with Crippen molar-refractivity contribution >= 4 is 12.1 Å². The Kier molecular flexibility index (Phi) is 7.84. The summed E-state index contributed by atoms with van der Waals surface area (Å²) in [6.07, 6.45) is 3.42. The van der Waals surface area contributed by atoms with Crippen molar-refractivity contribution < 1.29 is 19.1 Å². The highest BCUT2D eigenvalue weighted by atomic mass is 16.6. The van der Waals surface area contributed by atoms with Crippen LogP contribution in [-0.4, -0.2) is 37.7 Å². The molecule has 0 N–H and O–H groups in total. The first-order valence-electron chi connectivity index (χ1n) is 5.75. The summed E-state index contributed by atoms with van der Waals surface area (Å²) < 4.78 is 9.48. The highest BCUT2D eigenvalue weighted by Crippen LogP contribution is 2.10. The van der Waals surface area contributed by atoms with Crippen LogP contribution in [-0.2, 0) is 14.3 Å². The van der Waals surface area contributed by atoms with Crippen molar-refractivity contribution in [1.82, 2.24) is 4.90 Å². The first kappa shape index (κ1) is 15.5. The van der Waals surface area contributed by atoms with Gasteiger partial charge >= 0.3 is 12.1 Å². The van der Waals surface area contributed by atoms with Gasteiger partial charge in [-0.15, -0.1) is 0 Å². The quantitative estimate of drug-likeness (QED) is 0.530. The zero-order valence-corrected chi connectivity index (χ0v) is 11.0. The Balaban J connectivity index is 4.65. The van der Waals surface area contributed by atoms with Crippen LogP contribution in [0.15, 0.2) is 11.8 Å². The van der Waals surface area contributed by atoms with Crippen molar-refractivity contribution in [2.75, 3.05) is 20.8 Å². The number of hydrogen-bond acceptors (Lipinski definition) is 4. The topological polar surface area (TPSA) is 55.8 Å². The molecule has 1 amide bonds. The number of esters is 1. The molecule has 0 aliphatic rings. The number of nitrogens with zero attached hydrogens (tertiary/aromatic N) is 1. The maximum atomic E-state index is 11.5. The summed E-state index contributed by atoms with van der Waals surface area (Å²) in [5, 5.41) is 0. The van der Waals surface area contributed by atoms with Crippen LogP contribution in [0.2, 0.25) is 0 Å². The lowest BCUT2D eigenvalue weighted by molar-refractivity contribution is -0.136. The number of rotatable bonds is 6. The molecule has 0 atom stereocenters. The number of unbranched alkanes of at least 4 members (excludes halogenated alkanes) is 1. The third kappa shape index (κ3) is 5.94. The average Bonchev–Trinajstić information content (AvgIpc) is 2.33. The van der Waals surface area contributed by atoms with Gasteiger partial charge in [0.2, 0.25) is 0 Å². The van der Waals surface area contributed by atoms with E-state index in [9.17, 15) is 9.59 Å². The van der Waals surface area contributed by atoms with Crippen LogP contribution >= 0.6 is 0 Å². The lowest BCUT2D eigenvalue weighted by atomic mass is 10.1. The summed E-state index contributed by atoms with van der Waals surface area (Å²) >= 11 is 0. The van der Waals surface area contributed by atoms with Gasteiger partial charge in [-0.05, 0) is 19.8 Å². The van der Waals surface area contributed by atoms with Gasteiger partial charge in [0.1, 0.15) is 0 Å². The molecule has 0 heterocycles. The Morgan fingerprint density at radius 2 is 1.94 bits per heavy atom. The molecule has 0 bridgehead atoms. The lowest BCUT2D eigenvalue weighted by Crippen LogP contribution is -2.23. The molecule has 0 aromatic carbocycles. The largest absolute Gasteiger partial charge is 0.466 e. The van der Waals surface area contributed by atoms with Crippen molar-refractivity contribution in [3.63, 3.8) is 0 Å². The highest BCUT2D eigenvalue weighted by molar-refractivity contribution is 5.88. The van der Waals surface area contributed by atoms with Gasteiger partial charge in [-0.3, -0.25) is 4.90 Å². The van der Waals surface area contributed by atoms with Crippen LogP contribution in [0.5, 0.6) is 0 Å². The molecule has 0 radical (unpaired) electrons. The van der Waals surface area contributed by atoms with E-state index in [1.54, 1.807) is 14.0 Å². The molecule has 0 aliphatic carbocycles. The summed E-state index contributed by atoms with van der Waals surface area (Å²) in [7, 11) is 2.87. The number of amides is 1. The zero-order valence-electron chi connectivity index (χ0n) is 11.0. The summed E-state index contributed by atoms with van der Waals surface area (Å²) in [6.45, 7) is 4.07. The van der Waals surface area contributed by atoms with Crippen LogP contribution in [0.1, 0.15) is 33.1 Å². The van der Waals surface area contributed by atoms with Crippen molar-refractivity contribution in [3.05, 3.63) is 11.8 Å². The number of hydrogen-bond donors (Lipinski definition) is 0. The van der Waals surface area contributed by atoms with E-state index in [-0.39, 0.29) is 0 Å². The van der Waals surface area contributed by atoms with Crippen LogP contribution in [0.3, 0.4) is 0 Å². The molecule has 98 valence electrons. The molecule has 0 spiro atoms. The number of carbonyl (C=O) groups is 2. The van der Waals surface area contributed by atoms with Gasteiger partial charge in [0, 0.05) is 13.2 Å². The molecule has 0 rings (SSSR count). The van der Waals surface area contributed by atoms with Gasteiger partial charge in [0.15, 0.2) is 0 Å². The van der Waals surface area contributed by atoms with Gasteiger partial charge in [0.05, 0.1) is 19.3 Å². The summed E-state index contributed by atoms with van der Waals surface area (Å²) in [4.78, 5) is 24.1. The molecule has 0 aromatic heterocycles. The Labute approximate surface area is 102 Å². The van der Waals surface area contributed by atoms with E-state index in [0.29, 0.717) is 18.6 Å². The predicted molar refractivity (Wildman–Crippen MR) is 64.4 cm³/mol. The minimum atomic E-state index is -0.481. The fourth-order valence-electron chi connectivity index (χ4n) is 1.23. The minimum absolute atomic E-state index is 0.305. The summed E-state index contributed by atoms with van der Waals surface area (Å²) in [6, 6.07) is 0. The fraction of sp³-hybridized carbons (Fsp3) is 0.667. The van der Waals surface area contributed by atoms with Gasteiger partial charge in [0.25, 0.3) is 0 Å². The standard InChI is InChI=1S/C12H21NO4/c1-5-7-8-10(11(14)16-4)9-13(3)12(15)17-6-2/h9H,5-8H2,1-4H3/b10-9+. The van der Waals surface area contributed by atoms with E-state index in [4.69, 9.17) is 4.74 Å². The van der Waals surface area contributed by atoms with Crippen LogP contribution < -0.4 is 0 Å². The molecule has 0 aromatic rings. The monoisotopic (exact) mass is 243 g/mol. The van der Waals surface area contributed by atoms with E-state index < -0.39 is 12.1 Å². The molecule has 5 heteroatoms. The SMILES string of the molecule is CCCC/C(=C\N(C)C(=O)OCC)C(=O)OC. The van der Waals surface area contributed by atoms with Crippen LogP contribution in [0.25, 0.3) is 0 Å². The maximum absolute atomic E-state index is 11.5. The normalized spacial score (nSPS) is 10.9. The second-order valence-corrected chi connectivity index (χ2v) is 3.56. The number of methoxy groups -OCH3 is 1. The molecule has 0 aliphatic heterocycles. The van der Waals surface area contributed by atoms with Crippen molar-refractivity contribution in [3.8, 4) is 0 Å². The van der Waals surface area contributed by atoms with Crippen LogP contribution in [0.4, 0.5) is 4.79 Å².